The topological polar surface area (TPSA) is 102 Å². The van der Waals surface area contributed by atoms with Gasteiger partial charge < -0.3 is 9.84 Å². The lowest BCUT2D eigenvalue weighted by Gasteiger charge is -2.15. The maximum atomic E-state index is 12.0. The van der Waals surface area contributed by atoms with Crippen molar-refractivity contribution in [3.63, 3.8) is 0 Å². The molecule has 1 aromatic heterocycles. The maximum Gasteiger partial charge on any atom is 0.270 e. The molecule has 0 aliphatic rings. The van der Waals surface area contributed by atoms with Gasteiger partial charge in [-0.15, -0.1) is 0 Å². The van der Waals surface area contributed by atoms with Gasteiger partial charge in [0.25, 0.3) is 5.69 Å². The van der Waals surface area contributed by atoms with Gasteiger partial charge in [-0.25, -0.2) is 0 Å². The van der Waals surface area contributed by atoms with Crippen LogP contribution in [0.5, 0.6) is 0 Å². The lowest BCUT2D eigenvalue weighted by molar-refractivity contribution is -0.384. The summed E-state index contributed by atoms with van der Waals surface area (Å²) in [4.78, 5) is 24.0. The van der Waals surface area contributed by atoms with Crippen molar-refractivity contribution in [2.45, 2.75) is 13.5 Å². The summed E-state index contributed by atoms with van der Waals surface area (Å²) in [5, 5.41) is 17.3. The van der Waals surface area contributed by atoms with Crippen LogP contribution in [0, 0.1) is 17.0 Å². The molecule has 1 N–H and O–H groups in total. The highest BCUT2D eigenvalue weighted by atomic mass is 79.9. The van der Waals surface area contributed by atoms with Gasteiger partial charge in [0.1, 0.15) is 5.76 Å². The first kappa shape index (κ1) is 17.1. The largest absolute Gasteiger partial charge is 0.361 e. The summed E-state index contributed by atoms with van der Waals surface area (Å²) >= 11 is 3.21. The van der Waals surface area contributed by atoms with Crippen molar-refractivity contribution >= 4 is 33.2 Å². The van der Waals surface area contributed by atoms with Crippen molar-refractivity contribution in [3.05, 3.63) is 50.3 Å². The zero-order valence-corrected chi connectivity index (χ0v) is 14.2. The van der Waals surface area contributed by atoms with E-state index in [2.05, 4.69) is 26.4 Å². The van der Waals surface area contributed by atoms with E-state index in [4.69, 9.17) is 4.52 Å². The Morgan fingerprint density at radius 2 is 2.22 bits per heavy atom. The van der Waals surface area contributed by atoms with Crippen LogP contribution in [-0.2, 0) is 11.3 Å². The fourth-order valence-corrected chi connectivity index (χ4v) is 2.44. The number of rotatable bonds is 6. The van der Waals surface area contributed by atoms with Gasteiger partial charge in [0.15, 0.2) is 0 Å². The predicted octanol–water partition coefficient (Wildman–Crippen LogP) is 2.72. The van der Waals surface area contributed by atoms with Crippen LogP contribution in [0.1, 0.15) is 11.5 Å². The van der Waals surface area contributed by atoms with Crippen molar-refractivity contribution in [2.75, 3.05) is 18.9 Å². The molecule has 9 heteroatoms. The third-order valence-electron chi connectivity index (χ3n) is 2.96. The lowest BCUT2D eigenvalue weighted by Crippen LogP contribution is -2.30. The van der Waals surface area contributed by atoms with Crippen molar-refractivity contribution in [3.8, 4) is 0 Å². The summed E-state index contributed by atoms with van der Waals surface area (Å²) < 4.78 is 5.43. The van der Waals surface area contributed by atoms with Crippen LogP contribution in [0.25, 0.3) is 0 Å². The standard InChI is InChI=1S/C14H15BrN4O4/c1-9-5-10(17-23-9)7-18(2)8-14(20)16-13-4-3-11(19(21)22)6-12(13)15/h3-6H,7-8H2,1-2H3,(H,16,20). The average molecular weight is 383 g/mol. The number of nitro benzene ring substituents is 1. The first-order valence-electron chi connectivity index (χ1n) is 6.69. The summed E-state index contributed by atoms with van der Waals surface area (Å²) in [5.41, 5.74) is 1.17. The Balaban J connectivity index is 1.92. The molecule has 0 saturated carbocycles. The number of nitrogens with zero attached hydrogens (tertiary/aromatic N) is 3. The second-order valence-corrected chi connectivity index (χ2v) is 5.92. The number of nitro groups is 1. The molecule has 0 aliphatic carbocycles. The van der Waals surface area contributed by atoms with Crippen molar-refractivity contribution in [1.82, 2.24) is 10.1 Å². The van der Waals surface area contributed by atoms with Crippen molar-refractivity contribution < 1.29 is 14.2 Å². The Kier molecular flexibility index (Phi) is 5.45. The second-order valence-electron chi connectivity index (χ2n) is 5.07. The summed E-state index contributed by atoms with van der Waals surface area (Å²) in [6.07, 6.45) is 0. The highest BCUT2D eigenvalue weighted by Crippen LogP contribution is 2.27. The van der Waals surface area contributed by atoms with E-state index in [1.807, 2.05) is 0 Å². The number of hydrogen-bond acceptors (Lipinski definition) is 6. The summed E-state index contributed by atoms with van der Waals surface area (Å²) in [6, 6.07) is 5.97. The molecular formula is C14H15BrN4O4. The number of likely N-dealkylation sites (N-methyl/N-ethyl adjacent to an activating group) is 1. The number of halogens is 1. The van der Waals surface area contributed by atoms with E-state index in [0.717, 1.165) is 5.69 Å². The minimum Gasteiger partial charge on any atom is -0.361 e. The Labute approximate surface area is 140 Å². The zero-order chi connectivity index (χ0) is 17.0. The molecule has 122 valence electrons. The van der Waals surface area contributed by atoms with E-state index in [9.17, 15) is 14.9 Å². The van der Waals surface area contributed by atoms with E-state index in [0.29, 0.717) is 22.5 Å². The first-order valence-corrected chi connectivity index (χ1v) is 7.49. The maximum absolute atomic E-state index is 12.0. The molecule has 0 saturated heterocycles. The van der Waals surface area contributed by atoms with Gasteiger partial charge in [-0.2, -0.15) is 0 Å². The van der Waals surface area contributed by atoms with Gasteiger partial charge in [-0.3, -0.25) is 19.8 Å². The molecule has 0 aliphatic heterocycles. The van der Waals surface area contributed by atoms with Crippen molar-refractivity contribution in [2.24, 2.45) is 0 Å². The molecule has 0 atom stereocenters. The normalized spacial score (nSPS) is 10.8. The number of benzene rings is 1. The van der Waals surface area contributed by atoms with Crippen molar-refractivity contribution in [1.29, 1.82) is 0 Å². The molecule has 1 heterocycles. The van der Waals surface area contributed by atoms with Crippen LogP contribution in [0.2, 0.25) is 0 Å². The molecule has 0 fully saturated rings. The number of carbonyl (C=O) groups excluding carboxylic acids is 1. The summed E-state index contributed by atoms with van der Waals surface area (Å²) in [5.74, 6) is 0.481. The zero-order valence-electron chi connectivity index (χ0n) is 12.6. The van der Waals surface area contributed by atoms with Gasteiger partial charge in [-0.05, 0) is 36.0 Å². The quantitative estimate of drug-likeness (QED) is 0.608. The van der Waals surface area contributed by atoms with E-state index in [-0.39, 0.29) is 18.1 Å². The molecule has 0 radical (unpaired) electrons. The summed E-state index contributed by atoms with van der Waals surface area (Å²) in [7, 11) is 1.79. The highest BCUT2D eigenvalue weighted by Gasteiger charge is 2.13. The fourth-order valence-electron chi connectivity index (χ4n) is 1.98. The number of nitrogens with one attached hydrogen (secondary N) is 1. The number of carbonyl (C=O) groups is 1. The van der Waals surface area contributed by atoms with E-state index in [1.165, 1.54) is 18.2 Å². The predicted molar refractivity (Wildman–Crippen MR) is 87.0 cm³/mol. The number of anilines is 1. The SMILES string of the molecule is Cc1cc(CN(C)CC(=O)Nc2ccc([N+](=O)[O-])cc2Br)no1. The molecular weight excluding hydrogens is 368 g/mol. The Morgan fingerprint density at radius 1 is 1.48 bits per heavy atom. The number of aromatic nitrogens is 1. The van der Waals surface area contributed by atoms with Gasteiger partial charge >= 0.3 is 0 Å². The molecule has 0 spiro atoms. The first-order chi connectivity index (χ1) is 10.8. The molecule has 2 rings (SSSR count). The Hall–Kier alpha value is -2.26. The van der Waals surface area contributed by atoms with Gasteiger partial charge in [0.2, 0.25) is 5.91 Å². The number of hydrogen-bond donors (Lipinski definition) is 1. The third kappa shape index (κ3) is 4.86. The minimum atomic E-state index is -0.496. The minimum absolute atomic E-state index is 0.0478. The third-order valence-corrected chi connectivity index (χ3v) is 3.62. The molecule has 8 nitrogen and oxygen atoms in total. The van der Waals surface area contributed by atoms with E-state index < -0.39 is 4.92 Å². The van der Waals surface area contributed by atoms with Crippen LogP contribution in [-0.4, -0.2) is 34.5 Å². The fraction of sp³-hybridized carbons (Fsp3) is 0.286. The van der Waals surface area contributed by atoms with Crippen LogP contribution >= 0.6 is 15.9 Å². The number of non-ortho nitro benzene ring substituents is 1. The van der Waals surface area contributed by atoms with Crippen LogP contribution in [0.15, 0.2) is 33.3 Å². The molecule has 2 aromatic rings. The number of aryl methyl sites for hydroxylation is 1. The average Bonchev–Trinajstić information content (AvgIpc) is 2.85. The van der Waals surface area contributed by atoms with Gasteiger partial charge in [0, 0.05) is 29.2 Å². The molecule has 0 bridgehead atoms. The smallest absolute Gasteiger partial charge is 0.270 e. The Morgan fingerprint density at radius 3 is 2.78 bits per heavy atom. The highest BCUT2D eigenvalue weighted by molar-refractivity contribution is 9.10. The Bertz CT molecular complexity index is 731. The molecule has 23 heavy (non-hydrogen) atoms. The molecule has 1 amide bonds. The van der Waals surface area contributed by atoms with Crippen LogP contribution < -0.4 is 5.32 Å². The molecule has 0 unspecified atom stereocenters. The van der Waals surface area contributed by atoms with Gasteiger partial charge in [0.05, 0.1) is 22.8 Å². The molecule has 1 aromatic carbocycles. The number of amides is 1. The lowest BCUT2D eigenvalue weighted by atomic mass is 10.3. The van der Waals surface area contributed by atoms with E-state index >= 15 is 0 Å². The van der Waals surface area contributed by atoms with Crippen LogP contribution in [0.4, 0.5) is 11.4 Å². The van der Waals surface area contributed by atoms with Gasteiger partial charge in [-0.1, -0.05) is 5.16 Å². The monoisotopic (exact) mass is 382 g/mol. The summed E-state index contributed by atoms with van der Waals surface area (Å²) in [6.45, 7) is 2.43. The van der Waals surface area contributed by atoms with E-state index in [1.54, 1.807) is 24.9 Å². The second kappa shape index (κ2) is 7.34. The van der Waals surface area contributed by atoms with Crippen LogP contribution in [0.3, 0.4) is 0 Å².